The second kappa shape index (κ2) is 7.74. The van der Waals surface area contributed by atoms with Crippen molar-refractivity contribution in [2.24, 2.45) is 5.92 Å². The van der Waals surface area contributed by atoms with Crippen LogP contribution in [0.1, 0.15) is 31.1 Å². The molecule has 0 aliphatic heterocycles. The Morgan fingerprint density at radius 3 is 2.50 bits per heavy atom. The van der Waals surface area contributed by atoms with Gasteiger partial charge in [-0.3, -0.25) is 14.9 Å². The highest BCUT2D eigenvalue weighted by molar-refractivity contribution is 6.33. The standard InChI is InChI=1S/C14H17ClN2O5/c1-8(2)9(3)16-13(18)7-22-14(19)11-5-4-10(17(20)21)6-12(11)15/h4-6,8-9H,7H2,1-3H3,(H,16,18)/t9-/m1/s1. The topological polar surface area (TPSA) is 98.5 Å². The molecule has 0 aromatic heterocycles. The molecular formula is C14H17ClN2O5. The number of nitro groups is 1. The number of nitrogens with one attached hydrogen (secondary N) is 1. The highest BCUT2D eigenvalue weighted by Crippen LogP contribution is 2.23. The summed E-state index contributed by atoms with van der Waals surface area (Å²) in [6, 6.07) is 3.34. The third-order valence-corrected chi connectivity index (χ3v) is 3.42. The summed E-state index contributed by atoms with van der Waals surface area (Å²) < 4.78 is 4.85. The number of non-ortho nitro benzene ring substituents is 1. The van der Waals surface area contributed by atoms with Crippen molar-refractivity contribution >= 4 is 29.2 Å². The van der Waals surface area contributed by atoms with Gasteiger partial charge in [-0.25, -0.2) is 4.79 Å². The van der Waals surface area contributed by atoms with Crippen LogP contribution in [-0.4, -0.2) is 29.4 Å². The molecule has 120 valence electrons. The molecule has 0 spiro atoms. The second-order valence-corrected chi connectivity index (χ2v) is 5.50. The van der Waals surface area contributed by atoms with E-state index in [2.05, 4.69) is 5.32 Å². The number of amides is 1. The van der Waals surface area contributed by atoms with Crippen LogP contribution >= 0.6 is 11.6 Å². The Labute approximate surface area is 132 Å². The van der Waals surface area contributed by atoms with Gasteiger partial charge in [0.15, 0.2) is 6.61 Å². The summed E-state index contributed by atoms with van der Waals surface area (Å²) in [5, 5.41) is 13.2. The molecule has 0 bridgehead atoms. The molecule has 0 saturated heterocycles. The Morgan fingerprint density at radius 2 is 2.00 bits per heavy atom. The van der Waals surface area contributed by atoms with E-state index in [4.69, 9.17) is 16.3 Å². The van der Waals surface area contributed by atoms with Crippen molar-refractivity contribution in [3.05, 3.63) is 38.9 Å². The predicted molar refractivity (Wildman–Crippen MR) is 80.8 cm³/mol. The van der Waals surface area contributed by atoms with E-state index in [9.17, 15) is 19.7 Å². The third-order valence-electron chi connectivity index (χ3n) is 3.11. The van der Waals surface area contributed by atoms with E-state index >= 15 is 0 Å². The zero-order valence-electron chi connectivity index (χ0n) is 12.5. The maximum atomic E-state index is 11.8. The van der Waals surface area contributed by atoms with E-state index < -0.39 is 23.4 Å². The van der Waals surface area contributed by atoms with Crippen LogP contribution in [0.4, 0.5) is 5.69 Å². The number of hydrogen-bond donors (Lipinski definition) is 1. The Bertz CT molecular complexity index is 589. The van der Waals surface area contributed by atoms with Crippen molar-refractivity contribution in [1.29, 1.82) is 0 Å². The van der Waals surface area contributed by atoms with Crippen LogP contribution < -0.4 is 5.32 Å². The normalized spacial score (nSPS) is 11.9. The van der Waals surface area contributed by atoms with Crippen molar-refractivity contribution in [2.45, 2.75) is 26.8 Å². The number of hydrogen-bond acceptors (Lipinski definition) is 5. The Kier molecular flexibility index (Phi) is 6.30. The average molecular weight is 329 g/mol. The summed E-state index contributed by atoms with van der Waals surface area (Å²) in [4.78, 5) is 33.4. The first-order valence-electron chi connectivity index (χ1n) is 6.62. The van der Waals surface area contributed by atoms with Gasteiger partial charge in [-0.2, -0.15) is 0 Å². The quantitative estimate of drug-likeness (QED) is 0.491. The molecule has 1 N–H and O–H groups in total. The lowest BCUT2D eigenvalue weighted by molar-refractivity contribution is -0.384. The van der Waals surface area contributed by atoms with Crippen LogP contribution in [0.5, 0.6) is 0 Å². The zero-order valence-corrected chi connectivity index (χ0v) is 13.2. The number of halogens is 1. The average Bonchev–Trinajstić information content (AvgIpc) is 2.44. The van der Waals surface area contributed by atoms with Gasteiger partial charge in [0.1, 0.15) is 0 Å². The maximum Gasteiger partial charge on any atom is 0.340 e. The first-order valence-corrected chi connectivity index (χ1v) is 7.00. The summed E-state index contributed by atoms with van der Waals surface area (Å²) in [6.07, 6.45) is 0. The van der Waals surface area contributed by atoms with E-state index in [0.29, 0.717) is 0 Å². The van der Waals surface area contributed by atoms with Gasteiger partial charge in [-0.05, 0) is 18.9 Å². The van der Waals surface area contributed by atoms with Crippen LogP contribution in [0.2, 0.25) is 5.02 Å². The number of ether oxygens (including phenoxy) is 1. The van der Waals surface area contributed by atoms with Gasteiger partial charge < -0.3 is 10.1 Å². The molecule has 0 saturated carbocycles. The molecule has 0 aliphatic rings. The molecule has 0 fully saturated rings. The number of esters is 1. The maximum absolute atomic E-state index is 11.8. The van der Waals surface area contributed by atoms with Crippen molar-refractivity contribution in [3.63, 3.8) is 0 Å². The lowest BCUT2D eigenvalue weighted by Gasteiger charge is -2.17. The molecule has 1 rings (SSSR count). The van der Waals surface area contributed by atoms with Crippen molar-refractivity contribution in [3.8, 4) is 0 Å². The van der Waals surface area contributed by atoms with Crippen molar-refractivity contribution < 1.29 is 19.2 Å². The van der Waals surface area contributed by atoms with Crippen molar-refractivity contribution in [1.82, 2.24) is 5.32 Å². The molecule has 22 heavy (non-hydrogen) atoms. The van der Waals surface area contributed by atoms with Gasteiger partial charge in [-0.1, -0.05) is 25.4 Å². The highest BCUT2D eigenvalue weighted by Gasteiger charge is 2.18. The number of carbonyl (C=O) groups is 2. The van der Waals surface area contributed by atoms with Gasteiger partial charge in [0.25, 0.3) is 11.6 Å². The van der Waals surface area contributed by atoms with Gasteiger partial charge in [0.05, 0.1) is 15.5 Å². The zero-order chi connectivity index (χ0) is 16.9. The Morgan fingerprint density at radius 1 is 1.36 bits per heavy atom. The van der Waals surface area contributed by atoms with Crippen LogP contribution in [0.15, 0.2) is 18.2 Å². The smallest absolute Gasteiger partial charge is 0.340 e. The van der Waals surface area contributed by atoms with Gasteiger partial charge in [-0.15, -0.1) is 0 Å². The molecular weight excluding hydrogens is 312 g/mol. The molecule has 1 aromatic carbocycles. The predicted octanol–water partition coefficient (Wildman–Crippen LogP) is 2.57. The molecule has 0 aliphatic carbocycles. The number of carbonyl (C=O) groups excluding carboxylic acids is 2. The second-order valence-electron chi connectivity index (χ2n) is 5.10. The minimum atomic E-state index is -0.813. The first-order chi connectivity index (χ1) is 10.2. The minimum Gasteiger partial charge on any atom is -0.452 e. The van der Waals surface area contributed by atoms with Crippen LogP contribution in [0.25, 0.3) is 0 Å². The Balaban J connectivity index is 2.63. The van der Waals surface area contributed by atoms with Gasteiger partial charge in [0.2, 0.25) is 0 Å². The molecule has 1 aromatic rings. The SMILES string of the molecule is CC(C)[C@@H](C)NC(=O)COC(=O)c1ccc([N+](=O)[O-])cc1Cl. The number of benzene rings is 1. The number of nitro benzene ring substituents is 1. The summed E-state index contributed by atoms with van der Waals surface area (Å²) in [5.41, 5.74) is -0.262. The lowest BCUT2D eigenvalue weighted by atomic mass is 10.1. The van der Waals surface area contributed by atoms with Crippen molar-refractivity contribution in [2.75, 3.05) is 6.61 Å². The van der Waals surface area contributed by atoms with E-state index in [-0.39, 0.29) is 28.2 Å². The summed E-state index contributed by atoms with van der Waals surface area (Å²) in [6.45, 7) is 5.31. The van der Waals surface area contributed by atoms with Crippen LogP contribution in [0.3, 0.4) is 0 Å². The first kappa shape index (κ1) is 17.9. The molecule has 1 amide bonds. The summed E-state index contributed by atoms with van der Waals surface area (Å²) >= 11 is 5.80. The van der Waals surface area contributed by atoms with Gasteiger partial charge >= 0.3 is 5.97 Å². The number of rotatable bonds is 6. The monoisotopic (exact) mass is 328 g/mol. The van der Waals surface area contributed by atoms with Gasteiger partial charge in [0, 0.05) is 18.2 Å². The fourth-order valence-corrected chi connectivity index (χ4v) is 1.71. The highest BCUT2D eigenvalue weighted by atomic mass is 35.5. The third kappa shape index (κ3) is 5.00. The summed E-state index contributed by atoms with van der Waals surface area (Å²) in [5.74, 6) is -0.983. The molecule has 0 unspecified atom stereocenters. The molecule has 7 nitrogen and oxygen atoms in total. The Hall–Kier alpha value is -2.15. The fourth-order valence-electron chi connectivity index (χ4n) is 1.45. The number of nitrogens with zero attached hydrogens (tertiary/aromatic N) is 1. The molecule has 0 radical (unpaired) electrons. The molecule has 1 atom stereocenters. The van der Waals surface area contributed by atoms with E-state index in [1.54, 1.807) is 0 Å². The van der Waals surface area contributed by atoms with Crippen LogP contribution in [-0.2, 0) is 9.53 Å². The molecule has 0 heterocycles. The largest absolute Gasteiger partial charge is 0.452 e. The van der Waals surface area contributed by atoms with E-state index in [1.807, 2.05) is 20.8 Å². The molecule has 8 heteroatoms. The van der Waals surface area contributed by atoms with E-state index in [1.165, 1.54) is 6.07 Å². The van der Waals surface area contributed by atoms with E-state index in [0.717, 1.165) is 12.1 Å². The summed E-state index contributed by atoms with van der Waals surface area (Å²) in [7, 11) is 0. The van der Waals surface area contributed by atoms with Crippen LogP contribution in [0, 0.1) is 16.0 Å². The minimum absolute atomic E-state index is 0.0306. The fraction of sp³-hybridized carbons (Fsp3) is 0.429. The lowest BCUT2D eigenvalue weighted by Crippen LogP contribution is -2.38.